The zero-order valence-electron chi connectivity index (χ0n) is 6.50. The summed E-state index contributed by atoms with van der Waals surface area (Å²) < 4.78 is 0. The normalized spacial score (nSPS) is 13.3. The summed E-state index contributed by atoms with van der Waals surface area (Å²) in [6, 6.07) is 0. The minimum Gasteiger partial charge on any atom is -0.0895 e. The monoisotopic (exact) mass is 146 g/mol. The Labute approximate surface area is 62.9 Å². The van der Waals surface area contributed by atoms with Crippen molar-refractivity contribution in [2.75, 3.05) is 0 Å². The van der Waals surface area contributed by atoms with Gasteiger partial charge in [0.25, 0.3) is 0 Å². The van der Waals surface area contributed by atoms with Crippen molar-refractivity contribution in [1.82, 2.24) is 0 Å². The van der Waals surface area contributed by atoms with Crippen LogP contribution in [0.1, 0.15) is 40.0 Å². The molecule has 0 aliphatic rings. The molecule has 0 bridgehead atoms. The molecule has 0 N–H and O–H groups in total. The third-order valence-corrected chi connectivity index (χ3v) is 1.82. The van der Waals surface area contributed by atoms with Crippen molar-refractivity contribution in [1.29, 1.82) is 0 Å². The second kappa shape index (κ2) is 4.87. The fraction of sp³-hybridized carbons (Fsp3) is 0.750. The molecular formula is C8H15Cl. The van der Waals surface area contributed by atoms with E-state index in [9.17, 15) is 0 Å². The Kier molecular flexibility index (Phi) is 4.88. The lowest BCUT2D eigenvalue weighted by molar-refractivity contribution is 0.785. The van der Waals surface area contributed by atoms with Crippen LogP contribution in [0.15, 0.2) is 10.6 Å². The molecule has 54 valence electrons. The molecule has 0 spiro atoms. The van der Waals surface area contributed by atoms with Gasteiger partial charge in [-0.05, 0) is 26.7 Å². The maximum Gasteiger partial charge on any atom is 0.0139 e. The molecule has 0 rings (SSSR count). The van der Waals surface area contributed by atoms with Crippen molar-refractivity contribution in [3.63, 3.8) is 0 Å². The van der Waals surface area contributed by atoms with Gasteiger partial charge in [0, 0.05) is 5.03 Å². The molecule has 0 atom stereocenters. The predicted octanol–water partition coefficient (Wildman–Crippen LogP) is 3.71. The predicted molar refractivity (Wildman–Crippen MR) is 43.8 cm³/mol. The molecule has 0 fully saturated rings. The van der Waals surface area contributed by atoms with Gasteiger partial charge >= 0.3 is 0 Å². The molecule has 0 aromatic rings. The van der Waals surface area contributed by atoms with Crippen LogP contribution in [0.5, 0.6) is 0 Å². The van der Waals surface area contributed by atoms with Crippen LogP contribution in [0.2, 0.25) is 0 Å². The van der Waals surface area contributed by atoms with E-state index in [1.807, 2.05) is 6.92 Å². The van der Waals surface area contributed by atoms with Crippen molar-refractivity contribution < 1.29 is 0 Å². The summed E-state index contributed by atoms with van der Waals surface area (Å²) >= 11 is 5.74. The van der Waals surface area contributed by atoms with Crippen LogP contribution in [-0.2, 0) is 0 Å². The van der Waals surface area contributed by atoms with E-state index in [2.05, 4.69) is 13.8 Å². The minimum absolute atomic E-state index is 0.962. The molecule has 0 aromatic carbocycles. The SMILES string of the molecule is CCCCC(C)=C(C)Cl. The summed E-state index contributed by atoms with van der Waals surface area (Å²) in [6.07, 6.45) is 3.67. The number of halogens is 1. The summed E-state index contributed by atoms with van der Waals surface area (Å²) in [7, 11) is 0. The van der Waals surface area contributed by atoms with Gasteiger partial charge in [0.2, 0.25) is 0 Å². The van der Waals surface area contributed by atoms with Gasteiger partial charge in [-0.2, -0.15) is 0 Å². The fourth-order valence-corrected chi connectivity index (χ4v) is 0.709. The second-order valence-corrected chi connectivity index (χ2v) is 2.98. The average molecular weight is 147 g/mol. The topological polar surface area (TPSA) is 0 Å². The van der Waals surface area contributed by atoms with E-state index in [-0.39, 0.29) is 0 Å². The number of unbranched alkanes of at least 4 members (excludes halogenated alkanes) is 1. The van der Waals surface area contributed by atoms with Crippen molar-refractivity contribution in [2.24, 2.45) is 0 Å². The second-order valence-electron chi connectivity index (χ2n) is 2.42. The van der Waals surface area contributed by atoms with E-state index in [0.717, 1.165) is 11.5 Å². The first-order chi connectivity index (χ1) is 4.18. The Morgan fingerprint density at radius 1 is 1.33 bits per heavy atom. The van der Waals surface area contributed by atoms with Crippen molar-refractivity contribution >= 4 is 11.6 Å². The Morgan fingerprint density at radius 2 is 1.89 bits per heavy atom. The minimum atomic E-state index is 0.962. The van der Waals surface area contributed by atoms with Gasteiger partial charge in [0.05, 0.1) is 0 Å². The molecule has 1 heteroatoms. The first-order valence-corrected chi connectivity index (χ1v) is 3.88. The first kappa shape index (κ1) is 9.03. The highest BCUT2D eigenvalue weighted by Crippen LogP contribution is 2.13. The molecule has 0 heterocycles. The van der Waals surface area contributed by atoms with Gasteiger partial charge in [0.1, 0.15) is 0 Å². The zero-order valence-corrected chi connectivity index (χ0v) is 7.26. The molecule has 0 aromatic heterocycles. The summed E-state index contributed by atoms with van der Waals surface area (Å²) in [5.74, 6) is 0. The van der Waals surface area contributed by atoms with Crippen molar-refractivity contribution in [2.45, 2.75) is 40.0 Å². The van der Waals surface area contributed by atoms with Crippen LogP contribution in [-0.4, -0.2) is 0 Å². The van der Waals surface area contributed by atoms with Gasteiger partial charge in [-0.3, -0.25) is 0 Å². The molecule has 0 nitrogen and oxygen atoms in total. The molecule has 0 aliphatic heterocycles. The van der Waals surface area contributed by atoms with E-state index in [1.165, 1.54) is 18.4 Å². The highest BCUT2D eigenvalue weighted by molar-refractivity contribution is 6.29. The molecule has 0 amide bonds. The largest absolute Gasteiger partial charge is 0.0895 e. The number of hydrogen-bond acceptors (Lipinski definition) is 0. The molecular weight excluding hydrogens is 132 g/mol. The smallest absolute Gasteiger partial charge is 0.0139 e. The van der Waals surface area contributed by atoms with Crippen molar-refractivity contribution in [3.8, 4) is 0 Å². The third kappa shape index (κ3) is 4.53. The number of rotatable bonds is 3. The summed E-state index contributed by atoms with van der Waals surface area (Å²) in [6.45, 7) is 6.24. The highest BCUT2D eigenvalue weighted by Gasteiger charge is 1.91. The fourth-order valence-electron chi connectivity index (χ4n) is 0.614. The molecule has 0 saturated carbocycles. The van der Waals surface area contributed by atoms with Gasteiger partial charge in [-0.25, -0.2) is 0 Å². The lowest BCUT2D eigenvalue weighted by Gasteiger charge is -1.98. The van der Waals surface area contributed by atoms with Gasteiger partial charge in [0.15, 0.2) is 0 Å². The van der Waals surface area contributed by atoms with Crippen LogP contribution in [0, 0.1) is 0 Å². The molecule has 0 saturated heterocycles. The Morgan fingerprint density at radius 3 is 2.22 bits per heavy atom. The molecule has 0 unspecified atom stereocenters. The zero-order chi connectivity index (χ0) is 7.28. The lowest BCUT2D eigenvalue weighted by Crippen LogP contribution is -1.78. The number of allylic oxidation sites excluding steroid dienone is 2. The van der Waals surface area contributed by atoms with Crippen LogP contribution >= 0.6 is 11.6 Å². The van der Waals surface area contributed by atoms with Crippen molar-refractivity contribution in [3.05, 3.63) is 10.6 Å². The van der Waals surface area contributed by atoms with Crippen LogP contribution in [0.25, 0.3) is 0 Å². The summed E-state index contributed by atoms with van der Waals surface area (Å²) in [5, 5.41) is 0.962. The van der Waals surface area contributed by atoms with E-state index < -0.39 is 0 Å². The van der Waals surface area contributed by atoms with Gasteiger partial charge in [-0.1, -0.05) is 30.5 Å². The molecule has 9 heavy (non-hydrogen) atoms. The quantitative estimate of drug-likeness (QED) is 0.570. The molecule has 0 aliphatic carbocycles. The van der Waals surface area contributed by atoms with E-state index in [0.29, 0.717) is 0 Å². The third-order valence-electron chi connectivity index (χ3n) is 1.49. The highest BCUT2D eigenvalue weighted by atomic mass is 35.5. The average Bonchev–Trinajstić information content (AvgIpc) is 1.82. The van der Waals surface area contributed by atoms with E-state index in [4.69, 9.17) is 11.6 Å². The summed E-state index contributed by atoms with van der Waals surface area (Å²) in [5.41, 5.74) is 1.33. The van der Waals surface area contributed by atoms with Gasteiger partial charge < -0.3 is 0 Å². The van der Waals surface area contributed by atoms with Crippen LogP contribution in [0.3, 0.4) is 0 Å². The molecule has 0 radical (unpaired) electrons. The summed E-state index contributed by atoms with van der Waals surface area (Å²) in [4.78, 5) is 0. The Bertz CT molecular complexity index is 99.1. The Balaban J connectivity index is 3.50. The van der Waals surface area contributed by atoms with E-state index >= 15 is 0 Å². The van der Waals surface area contributed by atoms with Crippen LogP contribution < -0.4 is 0 Å². The van der Waals surface area contributed by atoms with Crippen LogP contribution in [0.4, 0.5) is 0 Å². The first-order valence-electron chi connectivity index (χ1n) is 3.50. The number of hydrogen-bond donors (Lipinski definition) is 0. The standard InChI is InChI=1S/C8H15Cl/c1-4-5-6-7(2)8(3)9/h4-6H2,1-3H3. The van der Waals surface area contributed by atoms with Gasteiger partial charge in [-0.15, -0.1) is 0 Å². The maximum absolute atomic E-state index is 5.74. The Hall–Kier alpha value is 0.0300. The lowest BCUT2D eigenvalue weighted by atomic mass is 10.1. The van der Waals surface area contributed by atoms with E-state index in [1.54, 1.807) is 0 Å². The maximum atomic E-state index is 5.74.